The number of ether oxygens (including phenoxy) is 2. The second-order valence-corrected chi connectivity index (χ2v) is 7.02. The van der Waals surface area contributed by atoms with Crippen LogP contribution in [0.1, 0.15) is 12.5 Å². The van der Waals surface area contributed by atoms with E-state index in [1.807, 2.05) is 0 Å². The van der Waals surface area contributed by atoms with Crippen molar-refractivity contribution in [2.45, 2.75) is 6.92 Å². The van der Waals surface area contributed by atoms with Crippen LogP contribution in [0.4, 0.5) is 16.3 Å². The number of carboxylic acid groups (broad SMARTS) is 1. The highest BCUT2D eigenvalue weighted by Gasteiger charge is 2.24. The summed E-state index contributed by atoms with van der Waals surface area (Å²) in [4.78, 5) is 49.5. The summed E-state index contributed by atoms with van der Waals surface area (Å²) in [5.41, 5.74) is 4.96. The molecule has 0 aliphatic heterocycles. The van der Waals surface area contributed by atoms with E-state index in [-0.39, 0.29) is 17.3 Å². The molecule has 2 aromatic carbocycles. The molecular formula is C23H22N4O7. The smallest absolute Gasteiger partial charge is 0.416 e. The fourth-order valence-electron chi connectivity index (χ4n) is 3.19. The first-order valence-electron chi connectivity index (χ1n) is 9.89. The maximum Gasteiger partial charge on any atom is 0.416 e. The summed E-state index contributed by atoms with van der Waals surface area (Å²) in [7, 11) is 2.62. The van der Waals surface area contributed by atoms with Crippen LogP contribution in [0.3, 0.4) is 0 Å². The van der Waals surface area contributed by atoms with Crippen LogP contribution in [-0.4, -0.2) is 33.4 Å². The molecule has 1 amide bonds. The summed E-state index contributed by atoms with van der Waals surface area (Å²) in [6.45, 7) is 1.25. The van der Waals surface area contributed by atoms with E-state index in [0.29, 0.717) is 16.2 Å². The van der Waals surface area contributed by atoms with Crippen LogP contribution < -0.4 is 31.4 Å². The number of nitrogens with two attached hydrogens (primary N) is 1. The second kappa shape index (κ2) is 9.77. The Hall–Kier alpha value is -4.80. The van der Waals surface area contributed by atoms with E-state index in [9.17, 15) is 24.3 Å². The van der Waals surface area contributed by atoms with E-state index in [2.05, 4.69) is 0 Å². The van der Waals surface area contributed by atoms with Crippen molar-refractivity contribution in [3.05, 3.63) is 81.1 Å². The molecule has 176 valence electrons. The van der Waals surface area contributed by atoms with Crippen molar-refractivity contribution in [3.8, 4) is 17.2 Å². The number of esters is 1. The Kier molecular flexibility index (Phi) is 6.86. The third-order valence-electron chi connectivity index (χ3n) is 4.79. The van der Waals surface area contributed by atoms with Crippen molar-refractivity contribution in [1.29, 1.82) is 0 Å². The number of nitrogens with zero attached hydrogens (tertiary/aromatic N) is 3. The van der Waals surface area contributed by atoms with E-state index < -0.39 is 29.0 Å². The molecule has 0 spiro atoms. The number of para-hydroxylation sites is 1. The van der Waals surface area contributed by atoms with Gasteiger partial charge in [0.2, 0.25) is 0 Å². The molecule has 0 aliphatic carbocycles. The third kappa shape index (κ3) is 4.67. The Morgan fingerprint density at radius 3 is 2.35 bits per heavy atom. The molecule has 34 heavy (non-hydrogen) atoms. The largest absolute Gasteiger partial charge is 0.493 e. The fraction of sp³-hybridized carbons (Fsp3) is 0.130. The molecule has 0 radical (unpaired) electrons. The summed E-state index contributed by atoms with van der Waals surface area (Å²) < 4.78 is 12.1. The molecule has 0 saturated heterocycles. The van der Waals surface area contributed by atoms with Crippen LogP contribution in [0.5, 0.6) is 11.5 Å². The normalized spacial score (nSPS) is 10.8. The first-order valence-corrected chi connectivity index (χ1v) is 9.89. The van der Waals surface area contributed by atoms with Gasteiger partial charge < -0.3 is 20.3 Å². The molecule has 11 heteroatoms. The number of hydrogen-bond acceptors (Lipinski definition) is 7. The molecule has 1 heterocycles. The Bertz CT molecular complexity index is 1390. The number of nitrogen functional groups attached to an aromatic ring is 1. The van der Waals surface area contributed by atoms with Gasteiger partial charge in [-0.1, -0.05) is 24.3 Å². The number of benzene rings is 2. The van der Waals surface area contributed by atoms with E-state index in [1.165, 1.54) is 39.3 Å². The fourth-order valence-corrected chi connectivity index (χ4v) is 3.19. The van der Waals surface area contributed by atoms with Crippen molar-refractivity contribution >= 4 is 29.6 Å². The second-order valence-electron chi connectivity index (χ2n) is 7.02. The number of carbonyl (C=O) groups is 2. The lowest BCUT2D eigenvalue weighted by molar-refractivity contribution is -0.132. The highest BCUT2D eigenvalue weighted by atomic mass is 16.6. The van der Waals surface area contributed by atoms with Gasteiger partial charge in [0, 0.05) is 20.2 Å². The summed E-state index contributed by atoms with van der Waals surface area (Å²) >= 11 is 0. The Balaban J connectivity index is 2.12. The molecule has 11 nitrogen and oxygen atoms in total. The summed E-state index contributed by atoms with van der Waals surface area (Å²) in [5.74, 6) is -0.435. The van der Waals surface area contributed by atoms with Gasteiger partial charge in [0.25, 0.3) is 5.56 Å². The Morgan fingerprint density at radius 1 is 1.09 bits per heavy atom. The van der Waals surface area contributed by atoms with Crippen LogP contribution in [0.15, 0.2) is 64.3 Å². The molecule has 0 fully saturated rings. The molecule has 1 aromatic heterocycles. The van der Waals surface area contributed by atoms with Gasteiger partial charge in [-0.25, -0.2) is 19.1 Å². The zero-order valence-electron chi connectivity index (χ0n) is 18.6. The van der Waals surface area contributed by atoms with Crippen LogP contribution in [0, 0.1) is 0 Å². The molecule has 0 atom stereocenters. The molecule has 3 N–H and O–H groups in total. The lowest BCUT2D eigenvalue weighted by Crippen LogP contribution is -2.43. The van der Waals surface area contributed by atoms with Crippen molar-refractivity contribution in [1.82, 2.24) is 9.13 Å². The van der Waals surface area contributed by atoms with Crippen LogP contribution in [0.25, 0.3) is 11.8 Å². The standard InChI is InChI=1S/C23H22N4O7/c1-14(28)34-17-10-9-15(13-18(17)33-3)11-12-26(23(31)32)19-20(24)27(16-7-5-4-6-8-16)22(30)25(2)21(19)29/h4-13H,24H2,1-3H3,(H,31,32). The third-order valence-corrected chi connectivity index (χ3v) is 4.79. The van der Waals surface area contributed by atoms with Gasteiger partial charge in [0.15, 0.2) is 17.2 Å². The number of carbonyl (C=O) groups excluding carboxylic acids is 1. The zero-order chi connectivity index (χ0) is 25.0. The topological polar surface area (TPSA) is 146 Å². The average molecular weight is 466 g/mol. The SMILES string of the molecule is COc1cc(C=CN(C(=O)O)c2c(N)n(-c3ccccc3)c(=O)n(C)c2=O)ccc1OC(C)=O. The van der Waals surface area contributed by atoms with Crippen molar-refractivity contribution in [2.24, 2.45) is 7.05 Å². The average Bonchev–Trinajstić information content (AvgIpc) is 2.80. The van der Waals surface area contributed by atoms with Gasteiger partial charge in [-0.3, -0.25) is 14.2 Å². The highest BCUT2D eigenvalue weighted by Crippen LogP contribution is 2.29. The van der Waals surface area contributed by atoms with Crippen molar-refractivity contribution < 1.29 is 24.2 Å². The van der Waals surface area contributed by atoms with Gasteiger partial charge in [0.1, 0.15) is 5.82 Å². The number of anilines is 2. The molecule has 0 saturated carbocycles. The minimum absolute atomic E-state index is 0.190. The minimum Gasteiger partial charge on any atom is -0.493 e. The predicted molar refractivity (Wildman–Crippen MR) is 126 cm³/mol. The first kappa shape index (κ1) is 23.9. The van der Waals surface area contributed by atoms with Gasteiger partial charge in [0.05, 0.1) is 12.8 Å². The number of hydrogen-bond donors (Lipinski definition) is 2. The number of methoxy groups -OCH3 is 1. The number of amides is 1. The zero-order valence-corrected chi connectivity index (χ0v) is 18.6. The Labute approximate surface area is 193 Å². The lowest BCUT2D eigenvalue weighted by atomic mass is 10.2. The highest BCUT2D eigenvalue weighted by molar-refractivity contribution is 5.92. The van der Waals surface area contributed by atoms with E-state index in [0.717, 1.165) is 15.3 Å². The monoisotopic (exact) mass is 466 g/mol. The van der Waals surface area contributed by atoms with E-state index in [4.69, 9.17) is 15.2 Å². The first-order chi connectivity index (χ1) is 16.1. The summed E-state index contributed by atoms with van der Waals surface area (Å²) in [6, 6.07) is 12.8. The summed E-state index contributed by atoms with van der Waals surface area (Å²) in [6.07, 6.45) is 1.02. The molecule has 0 unspecified atom stereocenters. The number of aromatic nitrogens is 2. The molecular weight excluding hydrogens is 444 g/mol. The molecule has 3 rings (SSSR count). The van der Waals surface area contributed by atoms with Crippen LogP contribution in [0.2, 0.25) is 0 Å². The van der Waals surface area contributed by atoms with E-state index >= 15 is 0 Å². The quantitative estimate of drug-likeness (QED) is 0.415. The molecule has 3 aromatic rings. The van der Waals surface area contributed by atoms with Crippen molar-refractivity contribution in [2.75, 3.05) is 17.7 Å². The van der Waals surface area contributed by atoms with Gasteiger partial charge in [-0.15, -0.1) is 0 Å². The predicted octanol–water partition coefficient (Wildman–Crippen LogP) is 2.21. The van der Waals surface area contributed by atoms with Crippen LogP contribution in [-0.2, 0) is 11.8 Å². The minimum atomic E-state index is -1.50. The van der Waals surface area contributed by atoms with Gasteiger partial charge >= 0.3 is 17.8 Å². The van der Waals surface area contributed by atoms with Gasteiger partial charge in [-0.05, 0) is 35.9 Å². The molecule has 0 aliphatic rings. The number of rotatable bonds is 6. The maximum atomic E-state index is 12.9. The van der Waals surface area contributed by atoms with Crippen LogP contribution >= 0.6 is 0 Å². The maximum absolute atomic E-state index is 12.9. The van der Waals surface area contributed by atoms with E-state index in [1.54, 1.807) is 36.4 Å². The lowest BCUT2D eigenvalue weighted by Gasteiger charge is -2.20. The molecule has 0 bridgehead atoms. The Morgan fingerprint density at radius 2 is 1.76 bits per heavy atom. The van der Waals surface area contributed by atoms with Crippen molar-refractivity contribution in [3.63, 3.8) is 0 Å². The van der Waals surface area contributed by atoms with Gasteiger partial charge in [-0.2, -0.15) is 0 Å². The summed E-state index contributed by atoms with van der Waals surface area (Å²) in [5, 5.41) is 9.82.